The summed E-state index contributed by atoms with van der Waals surface area (Å²) in [6, 6.07) is 11.6. The standard InChI is InChI=1S/C13H14N4O/c1-9-6-7-12(18-9)11-5-3-2-4-10(11)8-16-17-13(14)15/h2-8H,1H3,(H4,14,15,17). The van der Waals surface area contributed by atoms with E-state index < -0.39 is 0 Å². The van der Waals surface area contributed by atoms with Gasteiger partial charge in [0, 0.05) is 11.1 Å². The summed E-state index contributed by atoms with van der Waals surface area (Å²) in [6.45, 7) is 1.90. The molecule has 0 aliphatic heterocycles. The quantitative estimate of drug-likeness (QED) is 0.489. The molecule has 4 N–H and O–H groups in total. The Kier molecular flexibility index (Phi) is 3.43. The zero-order chi connectivity index (χ0) is 13.0. The van der Waals surface area contributed by atoms with E-state index in [4.69, 9.17) is 15.9 Å². The van der Waals surface area contributed by atoms with Crippen LogP contribution in [0.15, 0.2) is 51.0 Å². The van der Waals surface area contributed by atoms with Crippen molar-refractivity contribution in [3.05, 3.63) is 47.7 Å². The number of guanidine groups is 1. The summed E-state index contributed by atoms with van der Waals surface area (Å²) in [6.07, 6.45) is 1.59. The summed E-state index contributed by atoms with van der Waals surface area (Å²) < 4.78 is 5.59. The van der Waals surface area contributed by atoms with Gasteiger partial charge in [-0.2, -0.15) is 5.10 Å². The second kappa shape index (κ2) is 5.18. The number of aryl methyl sites for hydroxylation is 1. The molecule has 0 atom stereocenters. The van der Waals surface area contributed by atoms with Gasteiger partial charge in [0.2, 0.25) is 5.96 Å². The summed E-state index contributed by atoms with van der Waals surface area (Å²) in [5.74, 6) is 1.58. The molecular weight excluding hydrogens is 228 g/mol. The highest BCUT2D eigenvalue weighted by atomic mass is 16.3. The van der Waals surface area contributed by atoms with Gasteiger partial charge in [-0.3, -0.25) is 0 Å². The van der Waals surface area contributed by atoms with Crippen molar-refractivity contribution in [3.63, 3.8) is 0 Å². The minimum atomic E-state index is -0.0717. The molecule has 0 saturated carbocycles. The second-order valence-corrected chi connectivity index (χ2v) is 3.77. The Morgan fingerprint density at radius 1 is 1.17 bits per heavy atom. The van der Waals surface area contributed by atoms with Crippen LogP contribution in [-0.2, 0) is 0 Å². The Morgan fingerprint density at radius 3 is 2.61 bits per heavy atom. The topological polar surface area (TPSA) is 89.9 Å². The lowest BCUT2D eigenvalue weighted by atomic mass is 10.1. The van der Waals surface area contributed by atoms with Crippen LogP contribution in [-0.4, -0.2) is 12.2 Å². The van der Waals surface area contributed by atoms with E-state index in [-0.39, 0.29) is 5.96 Å². The molecule has 1 heterocycles. The van der Waals surface area contributed by atoms with Gasteiger partial charge in [0.1, 0.15) is 11.5 Å². The molecule has 1 aromatic heterocycles. The molecule has 92 valence electrons. The van der Waals surface area contributed by atoms with Crippen LogP contribution >= 0.6 is 0 Å². The van der Waals surface area contributed by atoms with E-state index in [1.807, 2.05) is 43.3 Å². The van der Waals surface area contributed by atoms with E-state index in [1.165, 1.54) is 0 Å². The van der Waals surface area contributed by atoms with Crippen molar-refractivity contribution in [1.82, 2.24) is 0 Å². The molecule has 0 saturated heterocycles. The Morgan fingerprint density at radius 2 is 1.94 bits per heavy atom. The summed E-state index contributed by atoms with van der Waals surface area (Å²) in [4.78, 5) is 0. The first-order valence-corrected chi connectivity index (χ1v) is 5.44. The van der Waals surface area contributed by atoms with Gasteiger partial charge in [-0.15, -0.1) is 5.10 Å². The van der Waals surface area contributed by atoms with Crippen LogP contribution in [0.25, 0.3) is 11.3 Å². The van der Waals surface area contributed by atoms with Crippen molar-refractivity contribution in [2.75, 3.05) is 0 Å². The highest BCUT2D eigenvalue weighted by molar-refractivity contribution is 5.89. The molecule has 5 heteroatoms. The molecule has 0 amide bonds. The number of hydrogen-bond acceptors (Lipinski definition) is 3. The molecule has 5 nitrogen and oxygen atoms in total. The normalized spacial score (nSPS) is 10.7. The van der Waals surface area contributed by atoms with Gasteiger partial charge in [0.15, 0.2) is 0 Å². The smallest absolute Gasteiger partial charge is 0.211 e. The van der Waals surface area contributed by atoms with E-state index in [0.717, 1.165) is 22.6 Å². The Labute approximate surface area is 105 Å². The first-order valence-electron chi connectivity index (χ1n) is 5.44. The van der Waals surface area contributed by atoms with Crippen molar-refractivity contribution in [2.45, 2.75) is 6.92 Å². The maximum absolute atomic E-state index is 5.59. The van der Waals surface area contributed by atoms with Crippen molar-refractivity contribution < 1.29 is 4.42 Å². The number of benzene rings is 1. The minimum Gasteiger partial charge on any atom is -0.461 e. The van der Waals surface area contributed by atoms with Crippen molar-refractivity contribution in [2.24, 2.45) is 21.7 Å². The van der Waals surface area contributed by atoms with Gasteiger partial charge in [0.25, 0.3) is 0 Å². The molecule has 0 unspecified atom stereocenters. The highest BCUT2D eigenvalue weighted by Gasteiger charge is 2.06. The lowest BCUT2D eigenvalue weighted by Gasteiger charge is -2.01. The maximum atomic E-state index is 5.59. The fraction of sp³-hybridized carbons (Fsp3) is 0.0769. The monoisotopic (exact) mass is 242 g/mol. The molecule has 1 aromatic carbocycles. The average molecular weight is 242 g/mol. The summed E-state index contributed by atoms with van der Waals surface area (Å²) in [7, 11) is 0. The Bertz CT molecular complexity index is 595. The number of rotatable bonds is 3. The predicted molar refractivity (Wildman–Crippen MR) is 72.3 cm³/mol. The van der Waals surface area contributed by atoms with Crippen LogP contribution in [0.5, 0.6) is 0 Å². The predicted octanol–water partition coefficient (Wildman–Crippen LogP) is 1.86. The highest BCUT2D eigenvalue weighted by Crippen LogP contribution is 2.24. The van der Waals surface area contributed by atoms with Gasteiger partial charge >= 0.3 is 0 Å². The largest absolute Gasteiger partial charge is 0.461 e. The van der Waals surface area contributed by atoms with Gasteiger partial charge < -0.3 is 15.9 Å². The molecule has 18 heavy (non-hydrogen) atoms. The van der Waals surface area contributed by atoms with Crippen LogP contribution in [0.2, 0.25) is 0 Å². The number of hydrogen-bond donors (Lipinski definition) is 2. The van der Waals surface area contributed by atoms with E-state index in [0.29, 0.717) is 0 Å². The number of furan rings is 1. The first kappa shape index (κ1) is 11.9. The van der Waals surface area contributed by atoms with E-state index >= 15 is 0 Å². The van der Waals surface area contributed by atoms with E-state index in [9.17, 15) is 0 Å². The third-order valence-electron chi connectivity index (χ3n) is 2.34. The average Bonchev–Trinajstić information content (AvgIpc) is 2.76. The summed E-state index contributed by atoms with van der Waals surface area (Å²) in [5.41, 5.74) is 12.2. The summed E-state index contributed by atoms with van der Waals surface area (Å²) in [5, 5.41) is 7.38. The molecule has 0 radical (unpaired) electrons. The van der Waals surface area contributed by atoms with Gasteiger partial charge in [-0.05, 0) is 19.1 Å². The van der Waals surface area contributed by atoms with Crippen LogP contribution in [0.1, 0.15) is 11.3 Å². The maximum Gasteiger partial charge on any atom is 0.211 e. The fourth-order valence-corrected chi connectivity index (χ4v) is 1.57. The Balaban J connectivity index is 2.37. The number of nitrogens with zero attached hydrogens (tertiary/aromatic N) is 2. The molecule has 0 spiro atoms. The van der Waals surface area contributed by atoms with Gasteiger partial charge in [0.05, 0.1) is 6.21 Å². The third kappa shape index (κ3) is 2.76. The molecule has 0 bridgehead atoms. The van der Waals surface area contributed by atoms with Crippen molar-refractivity contribution in [1.29, 1.82) is 0 Å². The number of nitrogens with two attached hydrogens (primary N) is 2. The molecule has 2 aromatic rings. The molecule has 0 aliphatic rings. The zero-order valence-corrected chi connectivity index (χ0v) is 10.00. The van der Waals surface area contributed by atoms with Crippen LogP contribution in [0.3, 0.4) is 0 Å². The van der Waals surface area contributed by atoms with Crippen LogP contribution in [0, 0.1) is 6.92 Å². The SMILES string of the molecule is Cc1ccc(-c2ccccc2C=NN=C(N)N)o1. The minimum absolute atomic E-state index is 0.0717. The molecule has 0 fully saturated rings. The Hall–Kier alpha value is -2.56. The fourth-order valence-electron chi connectivity index (χ4n) is 1.57. The van der Waals surface area contributed by atoms with Crippen molar-refractivity contribution in [3.8, 4) is 11.3 Å². The molecule has 0 aliphatic carbocycles. The second-order valence-electron chi connectivity index (χ2n) is 3.77. The lowest BCUT2D eigenvalue weighted by molar-refractivity contribution is 0.548. The molecule has 2 rings (SSSR count). The van der Waals surface area contributed by atoms with Gasteiger partial charge in [-0.25, -0.2) is 0 Å². The van der Waals surface area contributed by atoms with E-state index in [1.54, 1.807) is 6.21 Å². The third-order valence-corrected chi connectivity index (χ3v) is 2.34. The van der Waals surface area contributed by atoms with Crippen LogP contribution in [0.4, 0.5) is 0 Å². The van der Waals surface area contributed by atoms with E-state index in [2.05, 4.69) is 10.2 Å². The first-order chi connectivity index (χ1) is 8.66. The summed E-state index contributed by atoms with van der Waals surface area (Å²) >= 11 is 0. The van der Waals surface area contributed by atoms with Crippen LogP contribution < -0.4 is 11.5 Å². The lowest BCUT2D eigenvalue weighted by Crippen LogP contribution is -2.21. The van der Waals surface area contributed by atoms with Crippen molar-refractivity contribution >= 4 is 12.2 Å². The molecular formula is C13H14N4O. The van der Waals surface area contributed by atoms with Gasteiger partial charge in [-0.1, -0.05) is 24.3 Å². The zero-order valence-electron chi connectivity index (χ0n) is 10.00.